The Labute approximate surface area is 217 Å². The molecule has 1 aromatic carbocycles. The molecule has 0 aliphatic carbocycles. The standard InChI is InChI=1S/C26H29N7OS2/c1-17-18(2)36-24-22(17)25(34)33(27)26(29-24)35-16-6-10-30-12-14-31(15-13-30)23-21-9-5-11-32(21)20-8-4-3-7-19(20)28-23/h3-5,7-9,11H,6,10,12-16,27H2,1-2H3. The number of piperazine rings is 1. The predicted octanol–water partition coefficient (Wildman–Crippen LogP) is 3.89. The summed E-state index contributed by atoms with van der Waals surface area (Å²) in [5, 5.41) is 1.25. The highest BCUT2D eigenvalue weighted by Crippen LogP contribution is 2.28. The van der Waals surface area contributed by atoms with Gasteiger partial charge in [0.2, 0.25) is 0 Å². The molecular formula is C26H29N7OS2. The Morgan fingerprint density at radius 3 is 2.64 bits per heavy atom. The minimum atomic E-state index is -0.153. The van der Waals surface area contributed by atoms with E-state index in [4.69, 9.17) is 10.8 Å². The van der Waals surface area contributed by atoms with E-state index in [1.807, 2.05) is 19.9 Å². The number of nitrogens with zero attached hydrogens (tertiary/aromatic N) is 6. The monoisotopic (exact) mass is 519 g/mol. The van der Waals surface area contributed by atoms with E-state index in [0.29, 0.717) is 10.5 Å². The summed E-state index contributed by atoms with van der Waals surface area (Å²) in [6.07, 6.45) is 3.13. The first-order chi connectivity index (χ1) is 17.5. The molecule has 10 heteroatoms. The number of thiophene rings is 1. The maximum Gasteiger partial charge on any atom is 0.281 e. The zero-order chi connectivity index (χ0) is 24.8. The molecule has 1 saturated heterocycles. The first-order valence-corrected chi connectivity index (χ1v) is 14.0. The smallest absolute Gasteiger partial charge is 0.281 e. The lowest BCUT2D eigenvalue weighted by Crippen LogP contribution is -2.47. The first-order valence-electron chi connectivity index (χ1n) is 12.2. The van der Waals surface area contributed by atoms with Crippen LogP contribution in [0.15, 0.2) is 52.5 Å². The molecular weight excluding hydrogens is 490 g/mol. The fourth-order valence-corrected chi connectivity index (χ4v) is 6.88. The van der Waals surface area contributed by atoms with Gasteiger partial charge >= 0.3 is 0 Å². The van der Waals surface area contributed by atoms with Crippen LogP contribution in [0.1, 0.15) is 16.9 Å². The molecule has 0 radical (unpaired) electrons. The number of para-hydroxylation sites is 2. The molecule has 1 fully saturated rings. The van der Waals surface area contributed by atoms with Crippen LogP contribution in [0, 0.1) is 13.8 Å². The van der Waals surface area contributed by atoms with Gasteiger partial charge in [-0.05, 0) is 56.6 Å². The second-order valence-electron chi connectivity index (χ2n) is 9.25. The summed E-state index contributed by atoms with van der Waals surface area (Å²) in [6.45, 7) is 8.92. The summed E-state index contributed by atoms with van der Waals surface area (Å²) >= 11 is 3.13. The lowest BCUT2D eigenvalue weighted by atomic mass is 10.2. The SMILES string of the molecule is Cc1sc2nc(SCCCN3CCN(c4nc5ccccc5n5cccc45)CC3)n(N)c(=O)c2c1C. The van der Waals surface area contributed by atoms with Crippen LogP contribution in [0.5, 0.6) is 0 Å². The lowest BCUT2D eigenvalue weighted by molar-refractivity contribution is 0.259. The summed E-state index contributed by atoms with van der Waals surface area (Å²) in [5.41, 5.74) is 4.15. The summed E-state index contributed by atoms with van der Waals surface area (Å²) in [7, 11) is 0. The Morgan fingerprint density at radius 1 is 1.03 bits per heavy atom. The molecule has 0 unspecified atom stereocenters. The molecule has 0 atom stereocenters. The Kier molecular flexibility index (Phi) is 6.10. The molecule has 6 rings (SSSR count). The van der Waals surface area contributed by atoms with Gasteiger partial charge in [0.05, 0.1) is 21.9 Å². The zero-order valence-electron chi connectivity index (χ0n) is 20.5. The molecule has 36 heavy (non-hydrogen) atoms. The molecule has 0 saturated carbocycles. The first kappa shape index (κ1) is 23.3. The van der Waals surface area contributed by atoms with Crippen LogP contribution in [0.25, 0.3) is 26.8 Å². The fourth-order valence-electron chi connectivity index (χ4n) is 4.96. The fraction of sp³-hybridized carbons (Fsp3) is 0.346. The molecule has 5 aromatic rings. The van der Waals surface area contributed by atoms with Crippen LogP contribution in [0.4, 0.5) is 5.82 Å². The van der Waals surface area contributed by atoms with Crippen LogP contribution in [0.3, 0.4) is 0 Å². The number of nitrogen functional groups attached to an aromatic ring is 1. The topological polar surface area (TPSA) is 84.7 Å². The highest BCUT2D eigenvalue weighted by molar-refractivity contribution is 7.99. The van der Waals surface area contributed by atoms with Crippen LogP contribution in [0.2, 0.25) is 0 Å². The molecule has 2 N–H and O–H groups in total. The second kappa shape index (κ2) is 9.42. The molecule has 8 nitrogen and oxygen atoms in total. The molecule has 4 aromatic heterocycles. The van der Waals surface area contributed by atoms with Crippen LogP contribution in [-0.4, -0.2) is 62.4 Å². The summed E-state index contributed by atoms with van der Waals surface area (Å²) < 4.78 is 3.45. The zero-order valence-corrected chi connectivity index (χ0v) is 22.1. The largest absolute Gasteiger partial charge is 0.352 e. The number of benzene rings is 1. The van der Waals surface area contributed by atoms with Gasteiger partial charge in [-0.1, -0.05) is 23.9 Å². The number of rotatable bonds is 6. The number of nitrogens with two attached hydrogens (primary N) is 1. The van der Waals surface area contributed by atoms with E-state index in [2.05, 4.69) is 55.7 Å². The van der Waals surface area contributed by atoms with Gasteiger partial charge in [-0.2, -0.15) is 0 Å². The van der Waals surface area contributed by atoms with Gasteiger partial charge in [-0.3, -0.25) is 9.69 Å². The van der Waals surface area contributed by atoms with Crippen molar-refractivity contribution in [2.24, 2.45) is 0 Å². The number of aromatic nitrogens is 4. The normalized spacial score (nSPS) is 15.0. The van der Waals surface area contributed by atoms with Gasteiger partial charge in [-0.15, -0.1) is 11.3 Å². The summed E-state index contributed by atoms with van der Waals surface area (Å²) in [5.74, 6) is 8.03. The van der Waals surface area contributed by atoms with Crippen LogP contribution in [-0.2, 0) is 0 Å². The predicted molar refractivity (Wildman–Crippen MR) is 150 cm³/mol. The molecule has 0 bridgehead atoms. The Hall–Kier alpha value is -3.08. The number of aryl methyl sites for hydroxylation is 2. The van der Waals surface area contributed by atoms with Crippen molar-refractivity contribution in [2.75, 3.05) is 49.2 Å². The maximum atomic E-state index is 12.7. The van der Waals surface area contributed by atoms with E-state index in [1.54, 1.807) is 23.1 Å². The maximum absolute atomic E-state index is 12.7. The molecule has 5 heterocycles. The van der Waals surface area contributed by atoms with Crippen molar-refractivity contribution in [1.29, 1.82) is 0 Å². The molecule has 0 spiro atoms. The Balaban J connectivity index is 1.07. The highest BCUT2D eigenvalue weighted by Gasteiger charge is 2.21. The number of thioether (sulfide) groups is 1. The van der Waals surface area contributed by atoms with Crippen molar-refractivity contribution in [3.8, 4) is 0 Å². The molecule has 1 aliphatic heterocycles. The van der Waals surface area contributed by atoms with Gasteiger partial charge < -0.3 is 15.1 Å². The van der Waals surface area contributed by atoms with E-state index in [9.17, 15) is 4.79 Å². The van der Waals surface area contributed by atoms with Gasteiger partial charge in [-0.25, -0.2) is 14.6 Å². The van der Waals surface area contributed by atoms with Gasteiger partial charge in [0.1, 0.15) is 4.83 Å². The van der Waals surface area contributed by atoms with Gasteiger partial charge in [0.15, 0.2) is 11.0 Å². The van der Waals surface area contributed by atoms with Crippen molar-refractivity contribution < 1.29 is 0 Å². The number of hydrogen-bond acceptors (Lipinski definition) is 8. The Bertz CT molecular complexity index is 1630. The van der Waals surface area contributed by atoms with Crippen LogP contribution >= 0.6 is 23.1 Å². The molecule has 1 aliphatic rings. The lowest BCUT2D eigenvalue weighted by Gasteiger charge is -2.35. The summed E-state index contributed by atoms with van der Waals surface area (Å²) in [4.78, 5) is 29.2. The Morgan fingerprint density at radius 2 is 1.81 bits per heavy atom. The third-order valence-electron chi connectivity index (χ3n) is 7.07. The average Bonchev–Trinajstić information content (AvgIpc) is 3.49. The van der Waals surface area contributed by atoms with Crippen molar-refractivity contribution >= 4 is 55.7 Å². The minimum Gasteiger partial charge on any atom is -0.352 e. The van der Waals surface area contributed by atoms with E-state index in [1.165, 1.54) is 4.68 Å². The average molecular weight is 520 g/mol. The third-order valence-corrected chi connectivity index (χ3v) is 9.21. The number of anilines is 1. The van der Waals surface area contributed by atoms with E-state index >= 15 is 0 Å². The van der Waals surface area contributed by atoms with E-state index < -0.39 is 0 Å². The second-order valence-corrected chi connectivity index (χ2v) is 11.5. The van der Waals surface area contributed by atoms with Crippen molar-refractivity contribution in [2.45, 2.75) is 25.4 Å². The minimum absolute atomic E-state index is 0.153. The van der Waals surface area contributed by atoms with E-state index in [0.717, 1.165) is 82.5 Å². The highest BCUT2D eigenvalue weighted by atomic mass is 32.2. The molecule has 0 amide bonds. The van der Waals surface area contributed by atoms with Crippen molar-refractivity contribution in [3.63, 3.8) is 0 Å². The molecule has 186 valence electrons. The third kappa shape index (κ3) is 4.03. The quantitative estimate of drug-likeness (QED) is 0.158. The number of fused-ring (bicyclic) bond motifs is 4. The summed E-state index contributed by atoms with van der Waals surface area (Å²) in [6, 6.07) is 12.6. The van der Waals surface area contributed by atoms with Gasteiger partial charge in [0, 0.05) is 43.0 Å². The van der Waals surface area contributed by atoms with Crippen molar-refractivity contribution in [1.82, 2.24) is 23.9 Å². The van der Waals surface area contributed by atoms with Gasteiger partial charge in [0.25, 0.3) is 5.56 Å². The van der Waals surface area contributed by atoms with E-state index in [-0.39, 0.29) is 5.56 Å². The van der Waals surface area contributed by atoms with Crippen LogP contribution < -0.4 is 16.3 Å². The number of hydrogen-bond donors (Lipinski definition) is 1. The van der Waals surface area contributed by atoms with Crippen molar-refractivity contribution in [3.05, 3.63) is 63.4 Å².